The Morgan fingerprint density at radius 3 is 2.61 bits per heavy atom. The molecule has 0 saturated carbocycles. The smallest absolute Gasteiger partial charge is 0.324 e. The molecule has 5 aromatic rings. The first-order valence-corrected chi connectivity index (χ1v) is 15.1. The number of urea groups is 1. The van der Waals surface area contributed by atoms with Crippen LogP contribution in [0.1, 0.15) is 48.3 Å². The summed E-state index contributed by atoms with van der Waals surface area (Å²) < 4.78 is 13.5. The molecule has 1 saturated heterocycles. The fourth-order valence-electron chi connectivity index (χ4n) is 5.20. The van der Waals surface area contributed by atoms with Gasteiger partial charge in [0.2, 0.25) is 5.78 Å². The van der Waals surface area contributed by atoms with E-state index in [4.69, 9.17) is 8.94 Å². The van der Waals surface area contributed by atoms with Crippen LogP contribution >= 0.6 is 11.9 Å². The molecule has 44 heavy (non-hydrogen) atoms. The summed E-state index contributed by atoms with van der Waals surface area (Å²) >= 11 is 1.62. The Bertz CT molecular complexity index is 1860. The number of nitrogens with zero attached hydrogens (tertiary/aromatic N) is 3. The molecule has 0 unspecified atom stereocenters. The summed E-state index contributed by atoms with van der Waals surface area (Å²) in [5.41, 5.74) is 2.69. The predicted octanol–water partition coefficient (Wildman–Crippen LogP) is 6.69. The summed E-state index contributed by atoms with van der Waals surface area (Å²) in [4.78, 5) is 31.6. The Morgan fingerprint density at radius 1 is 1.09 bits per heavy atom. The van der Waals surface area contributed by atoms with Crippen LogP contribution in [0.4, 0.5) is 16.3 Å². The van der Waals surface area contributed by atoms with Crippen molar-refractivity contribution in [3.05, 3.63) is 83.3 Å². The SMILES string of the molecule is C=CSN1CCN(Cc2c(O)ccc3[nH]c(C(=O)c4cc5cc(NC(=O)Nc6cc(C(C)(C)C)on6)ccc5o4)cc23)CC1. The van der Waals surface area contributed by atoms with Gasteiger partial charge in [0, 0.05) is 71.7 Å². The second kappa shape index (κ2) is 11.9. The lowest BCUT2D eigenvalue weighted by molar-refractivity contribution is 0.101. The van der Waals surface area contributed by atoms with Crippen LogP contribution in [0.5, 0.6) is 5.75 Å². The van der Waals surface area contributed by atoms with Crippen molar-refractivity contribution in [1.29, 1.82) is 0 Å². The van der Waals surface area contributed by atoms with E-state index in [-0.39, 0.29) is 22.7 Å². The van der Waals surface area contributed by atoms with Crippen molar-refractivity contribution in [2.75, 3.05) is 36.8 Å². The molecule has 0 aliphatic carbocycles. The molecule has 12 heteroatoms. The zero-order valence-corrected chi connectivity index (χ0v) is 25.6. The summed E-state index contributed by atoms with van der Waals surface area (Å²) in [6.07, 6.45) is 0. The highest BCUT2D eigenvalue weighted by Crippen LogP contribution is 2.32. The highest BCUT2D eigenvalue weighted by molar-refractivity contribution is 7.99. The molecule has 4 heterocycles. The van der Waals surface area contributed by atoms with Crippen molar-refractivity contribution in [1.82, 2.24) is 19.3 Å². The molecule has 0 atom stereocenters. The molecule has 0 radical (unpaired) electrons. The third-order valence-corrected chi connectivity index (χ3v) is 8.37. The molecule has 1 fully saturated rings. The zero-order chi connectivity index (χ0) is 31.0. The number of ketones is 1. The number of carbonyl (C=O) groups is 2. The number of hydrogen-bond acceptors (Lipinski definition) is 9. The topological polar surface area (TPSA) is 140 Å². The summed E-state index contributed by atoms with van der Waals surface area (Å²) in [6.45, 7) is 13.9. The van der Waals surface area contributed by atoms with Gasteiger partial charge in [-0.15, -0.1) is 0 Å². The molecule has 3 aromatic heterocycles. The van der Waals surface area contributed by atoms with Gasteiger partial charge in [-0.05, 0) is 47.9 Å². The first-order valence-electron chi connectivity index (χ1n) is 14.3. The molecule has 0 bridgehead atoms. The third-order valence-electron chi connectivity index (χ3n) is 7.56. The second-order valence-electron chi connectivity index (χ2n) is 11.8. The summed E-state index contributed by atoms with van der Waals surface area (Å²) in [5, 5.41) is 23.4. The molecular weight excluding hydrogens is 580 g/mol. The van der Waals surface area contributed by atoms with Crippen LogP contribution in [0.3, 0.4) is 0 Å². The minimum atomic E-state index is -0.479. The van der Waals surface area contributed by atoms with Crippen LogP contribution in [0.25, 0.3) is 21.9 Å². The number of benzene rings is 2. The lowest BCUT2D eigenvalue weighted by atomic mass is 9.93. The van der Waals surface area contributed by atoms with E-state index in [0.29, 0.717) is 40.5 Å². The number of H-pyrrole nitrogens is 1. The Kier molecular flexibility index (Phi) is 7.97. The quantitative estimate of drug-likeness (QED) is 0.111. The van der Waals surface area contributed by atoms with Gasteiger partial charge in [-0.2, -0.15) is 0 Å². The number of amides is 2. The summed E-state index contributed by atoms with van der Waals surface area (Å²) in [7, 11) is 0. The largest absolute Gasteiger partial charge is 0.508 e. The molecule has 2 aromatic carbocycles. The maximum Gasteiger partial charge on any atom is 0.324 e. The van der Waals surface area contributed by atoms with Crippen LogP contribution in [0.15, 0.2) is 69.5 Å². The van der Waals surface area contributed by atoms with E-state index < -0.39 is 6.03 Å². The van der Waals surface area contributed by atoms with E-state index in [0.717, 1.165) is 42.6 Å². The number of phenols is 1. The molecule has 1 aliphatic rings. The summed E-state index contributed by atoms with van der Waals surface area (Å²) in [6, 6.07) is 13.2. The molecule has 0 spiro atoms. The fraction of sp³-hybridized carbons (Fsp3) is 0.281. The van der Waals surface area contributed by atoms with Gasteiger partial charge in [0.1, 0.15) is 17.1 Å². The van der Waals surface area contributed by atoms with Crippen molar-refractivity contribution in [2.45, 2.75) is 32.7 Å². The number of nitrogens with one attached hydrogen (secondary N) is 3. The Morgan fingerprint density at radius 2 is 1.89 bits per heavy atom. The van der Waals surface area contributed by atoms with E-state index in [1.807, 2.05) is 26.2 Å². The van der Waals surface area contributed by atoms with Crippen molar-refractivity contribution >= 4 is 57.1 Å². The molecule has 2 amide bonds. The number of anilines is 2. The van der Waals surface area contributed by atoms with Crippen LogP contribution in [-0.2, 0) is 12.0 Å². The van der Waals surface area contributed by atoms with Gasteiger partial charge < -0.3 is 24.3 Å². The number of fused-ring (bicyclic) bond motifs is 2. The maximum absolute atomic E-state index is 13.5. The molecule has 228 valence electrons. The number of aromatic amines is 1. The zero-order valence-electron chi connectivity index (χ0n) is 24.8. The van der Waals surface area contributed by atoms with E-state index in [9.17, 15) is 14.7 Å². The van der Waals surface area contributed by atoms with Gasteiger partial charge in [-0.25, -0.2) is 9.10 Å². The average molecular weight is 615 g/mol. The van der Waals surface area contributed by atoms with E-state index in [1.165, 1.54) is 0 Å². The second-order valence-corrected chi connectivity index (χ2v) is 12.8. The molecule has 6 rings (SSSR count). The average Bonchev–Trinajstić information content (AvgIpc) is 3.73. The Hall–Kier alpha value is -4.52. The highest BCUT2D eigenvalue weighted by Gasteiger charge is 2.23. The monoisotopic (exact) mass is 614 g/mol. The Labute approximate surface area is 258 Å². The van der Waals surface area contributed by atoms with Gasteiger partial charge in [0.15, 0.2) is 11.6 Å². The van der Waals surface area contributed by atoms with Crippen LogP contribution in [-0.4, -0.2) is 62.4 Å². The number of piperazine rings is 1. The minimum Gasteiger partial charge on any atom is -0.508 e. The van der Waals surface area contributed by atoms with Crippen LogP contribution in [0, 0.1) is 0 Å². The number of carbonyl (C=O) groups excluding carboxylic acids is 2. The number of hydrogen-bond donors (Lipinski definition) is 4. The van der Waals surface area contributed by atoms with E-state index in [2.05, 4.69) is 36.6 Å². The molecule has 1 aliphatic heterocycles. The molecule has 11 nitrogen and oxygen atoms in total. The maximum atomic E-state index is 13.5. The summed E-state index contributed by atoms with van der Waals surface area (Å²) in [5.74, 6) is 1.01. The van der Waals surface area contributed by atoms with E-state index >= 15 is 0 Å². The van der Waals surface area contributed by atoms with E-state index in [1.54, 1.807) is 60.5 Å². The Balaban J connectivity index is 1.16. The number of aromatic nitrogens is 2. The number of furan rings is 1. The van der Waals surface area contributed by atoms with Gasteiger partial charge in [0.05, 0.1) is 5.69 Å². The first kappa shape index (κ1) is 29.5. The van der Waals surface area contributed by atoms with Crippen molar-refractivity contribution in [3.8, 4) is 5.75 Å². The normalized spacial score (nSPS) is 14.7. The molecule has 4 N–H and O–H groups in total. The number of phenolic OH excluding ortho intramolecular Hbond substituents is 1. The first-order chi connectivity index (χ1) is 21.1. The minimum absolute atomic E-state index is 0.159. The van der Waals surface area contributed by atoms with Gasteiger partial charge >= 0.3 is 6.03 Å². The standard InChI is InChI=1S/C32H34N6O5S/c1-5-44-38-12-10-37(11-13-38)18-22-21-16-24(34-23(21)7-8-25(22)39)30(40)27-15-19-14-20(6-9-26(19)42-27)33-31(41)35-29-17-28(43-36-29)32(2,3)4/h5-9,14-17,34,39H,1,10-13,18H2,2-4H3,(H2,33,35,36,41). The van der Waals surface area contributed by atoms with Crippen molar-refractivity contribution < 1.29 is 23.6 Å². The van der Waals surface area contributed by atoms with Crippen molar-refractivity contribution in [3.63, 3.8) is 0 Å². The van der Waals surface area contributed by atoms with Crippen molar-refractivity contribution in [2.24, 2.45) is 0 Å². The number of rotatable bonds is 8. The lowest BCUT2D eigenvalue weighted by Gasteiger charge is -2.33. The third kappa shape index (κ3) is 6.23. The molecular formula is C32H34N6O5S. The highest BCUT2D eigenvalue weighted by atomic mass is 32.2. The van der Waals surface area contributed by atoms with Crippen LogP contribution in [0.2, 0.25) is 0 Å². The predicted molar refractivity (Wildman–Crippen MR) is 172 cm³/mol. The van der Waals surface area contributed by atoms with Gasteiger partial charge in [-0.1, -0.05) is 44.5 Å². The van der Waals surface area contributed by atoms with Crippen LogP contribution < -0.4 is 10.6 Å². The fourth-order valence-corrected chi connectivity index (χ4v) is 5.78. The van der Waals surface area contributed by atoms with Gasteiger partial charge in [-0.3, -0.25) is 15.0 Å². The number of aromatic hydroxyl groups is 1. The lowest BCUT2D eigenvalue weighted by Crippen LogP contribution is -2.42. The van der Waals surface area contributed by atoms with Gasteiger partial charge in [0.25, 0.3) is 0 Å².